The lowest BCUT2D eigenvalue weighted by Crippen LogP contribution is -2.30. The highest BCUT2D eigenvalue weighted by molar-refractivity contribution is 7.89. The van der Waals surface area contributed by atoms with Gasteiger partial charge >= 0.3 is 11.9 Å². The number of hydrogen-bond acceptors (Lipinski definition) is 8. The first-order chi connectivity index (χ1) is 15.7. The normalized spacial score (nSPS) is 14.9. The highest BCUT2D eigenvalue weighted by Crippen LogP contribution is 2.30. The van der Waals surface area contributed by atoms with Crippen molar-refractivity contribution in [3.63, 3.8) is 0 Å². The van der Waals surface area contributed by atoms with Gasteiger partial charge in [-0.3, -0.25) is 4.79 Å². The first kappa shape index (κ1) is 24.1. The average Bonchev–Trinajstić information content (AvgIpc) is 3.15. The maximum absolute atomic E-state index is 12.6. The maximum atomic E-state index is 12.6. The summed E-state index contributed by atoms with van der Waals surface area (Å²) < 4.78 is 42.2. The third-order valence-corrected chi connectivity index (χ3v) is 6.87. The van der Waals surface area contributed by atoms with Gasteiger partial charge in [-0.2, -0.15) is 4.31 Å². The Morgan fingerprint density at radius 2 is 1.76 bits per heavy atom. The molecule has 0 radical (unpaired) electrons. The van der Waals surface area contributed by atoms with E-state index in [1.165, 1.54) is 36.5 Å². The summed E-state index contributed by atoms with van der Waals surface area (Å²) in [6.07, 6.45) is 1.51. The molecule has 0 bridgehead atoms. The maximum Gasteiger partial charge on any atom is 0.363 e. The molecule has 3 rings (SSSR count). The fourth-order valence-corrected chi connectivity index (χ4v) is 4.64. The van der Waals surface area contributed by atoms with E-state index >= 15 is 0 Å². The predicted molar refractivity (Wildman–Crippen MR) is 121 cm³/mol. The second kappa shape index (κ2) is 9.97. The predicted octanol–water partition coefficient (Wildman–Crippen LogP) is 3.00. The van der Waals surface area contributed by atoms with Gasteiger partial charge in [0.25, 0.3) is 0 Å². The van der Waals surface area contributed by atoms with Crippen LogP contribution in [0.25, 0.3) is 6.08 Å². The molecule has 0 fully saturated rings. The number of ether oxygens (including phenoxy) is 3. The Hall–Kier alpha value is -3.50. The number of rotatable bonds is 8. The Morgan fingerprint density at radius 1 is 1.09 bits per heavy atom. The topological polar surface area (TPSA) is 112 Å². The van der Waals surface area contributed by atoms with E-state index in [-0.39, 0.29) is 22.2 Å². The summed E-state index contributed by atoms with van der Waals surface area (Å²) in [5, 5.41) is 0. The summed E-state index contributed by atoms with van der Waals surface area (Å²) in [4.78, 5) is 27.9. The van der Waals surface area contributed by atoms with Crippen molar-refractivity contribution in [3.05, 3.63) is 59.3 Å². The van der Waals surface area contributed by atoms with E-state index in [1.807, 2.05) is 0 Å². The Kier molecular flexibility index (Phi) is 7.29. The fourth-order valence-electron chi connectivity index (χ4n) is 3.19. The molecule has 174 valence electrons. The van der Waals surface area contributed by atoms with E-state index in [0.29, 0.717) is 30.0 Å². The molecule has 2 aromatic rings. The van der Waals surface area contributed by atoms with E-state index in [2.05, 4.69) is 4.99 Å². The van der Waals surface area contributed by atoms with Gasteiger partial charge in [-0.15, -0.1) is 0 Å². The van der Waals surface area contributed by atoms with E-state index in [4.69, 9.17) is 14.2 Å². The molecule has 10 heteroatoms. The summed E-state index contributed by atoms with van der Waals surface area (Å²) in [6.45, 7) is 5.56. The molecule has 2 aromatic carbocycles. The number of nitrogens with zero attached hydrogens (tertiary/aromatic N) is 2. The summed E-state index contributed by atoms with van der Waals surface area (Å²) >= 11 is 0. The molecular formula is C23H24N2O7S. The minimum Gasteiger partial charge on any atom is -0.493 e. The highest BCUT2D eigenvalue weighted by Gasteiger charge is 2.26. The molecule has 1 aliphatic heterocycles. The number of cyclic esters (lactones) is 1. The van der Waals surface area contributed by atoms with Gasteiger partial charge < -0.3 is 14.2 Å². The lowest BCUT2D eigenvalue weighted by molar-refractivity contribution is -0.132. The third-order valence-electron chi connectivity index (χ3n) is 4.81. The van der Waals surface area contributed by atoms with Crippen molar-refractivity contribution in [2.75, 3.05) is 20.2 Å². The van der Waals surface area contributed by atoms with E-state index < -0.39 is 22.0 Å². The minimum absolute atomic E-state index is 0.0622. The molecule has 1 heterocycles. The van der Waals surface area contributed by atoms with Crippen LogP contribution in [0, 0.1) is 0 Å². The quantitative estimate of drug-likeness (QED) is 0.330. The number of hydrogen-bond donors (Lipinski definition) is 0. The molecule has 0 amide bonds. The fraction of sp³-hybridized carbons (Fsp3) is 0.261. The summed E-state index contributed by atoms with van der Waals surface area (Å²) in [6, 6.07) is 10.8. The molecule has 0 N–H and O–H groups in total. The van der Waals surface area contributed by atoms with Gasteiger partial charge in [0.1, 0.15) is 0 Å². The van der Waals surface area contributed by atoms with E-state index in [0.717, 1.165) is 0 Å². The molecule has 0 aromatic heterocycles. The first-order valence-electron chi connectivity index (χ1n) is 10.2. The van der Waals surface area contributed by atoms with Crippen LogP contribution < -0.4 is 9.47 Å². The van der Waals surface area contributed by atoms with Crippen molar-refractivity contribution in [3.8, 4) is 11.5 Å². The van der Waals surface area contributed by atoms with Gasteiger partial charge in [0.2, 0.25) is 15.9 Å². The molecular weight excluding hydrogens is 448 g/mol. The van der Waals surface area contributed by atoms with Gasteiger partial charge in [-0.25, -0.2) is 18.2 Å². The van der Waals surface area contributed by atoms with Crippen LogP contribution in [0.1, 0.15) is 31.9 Å². The van der Waals surface area contributed by atoms with Gasteiger partial charge in [0, 0.05) is 25.6 Å². The van der Waals surface area contributed by atoms with Crippen LogP contribution in [-0.2, 0) is 24.3 Å². The van der Waals surface area contributed by atoms with Crippen LogP contribution in [0.2, 0.25) is 0 Å². The number of carbonyl (C=O) groups is 2. The van der Waals surface area contributed by atoms with Crippen LogP contribution in [0.3, 0.4) is 0 Å². The molecule has 0 aliphatic carbocycles. The number of methoxy groups -OCH3 is 1. The number of esters is 2. The standard InChI is InChI=1S/C23H24N2O7S/c1-5-25(6-2)33(28,29)18-10-8-17(9-11-18)22-24-19(23(27)32-22)13-16-7-12-20(31-15(3)26)21(14-16)30-4/h7-14H,5-6H2,1-4H3/b19-13-. The molecule has 0 spiro atoms. The Balaban J connectivity index is 1.87. The van der Waals surface area contributed by atoms with Crippen LogP contribution in [-0.4, -0.2) is 50.8 Å². The zero-order valence-electron chi connectivity index (χ0n) is 18.7. The van der Waals surface area contributed by atoms with Crippen LogP contribution in [0.4, 0.5) is 0 Å². The second-order valence-electron chi connectivity index (χ2n) is 6.95. The van der Waals surface area contributed by atoms with Crippen LogP contribution >= 0.6 is 0 Å². The second-order valence-corrected chi connectivity index (χ2v) is 8.89. The molecule has 33 heavy (non-hydrogen) atoms. The SMILES string of the molecule is CCN(CC)S(=O)(=O)c1ccc(C2=N/C(=C\c3ccc(OC(C)=O)c(OC)c3)C(=O)O2)cc1. The number of aliphatic imine (C=N–C) groups is 1. The molecule has 0 saturated heterocycles. The van der Waals surface area contributed by atoms with Crippen molar-refractivity contribution in [2.45, 2.75) is 25.7 Å². The van der Waals surface area contributed by atoms with E-state index in [9.17, 15) is 18.0 Å². The largest absolute Gasteiger partial charge is 0.493 e. The van der Waals surface area contributed by atoms with Gasteiger partial charge in [0.05, 0.1) is 12.0 Å². The van der Waals surface area contributed by atoms with Crippen molar-refractivity contribution < 1.29 is 32.2 Å². The lowest BCUT2D eigenvalue weighted by Gasteiger charge is -2.18. The van der Waals surface area contributed by atoms with Crippen molar-refractivity contribution in [2.24, 2.45) is 4.99 Å². The van der Waals surface area contributed by atoms with Gasteiger partial charge in [-0.05, 0) is 48.0 Å². The highest BCUT2D eigenvalue weighted by atomic mass is 32.2. The lowest BCUT2D eigenvalue weighted by atomic mass is 10.1. The molecule has 0 unspecified atom stereocenters. The molecule has 0 saturated carbocycles. The number of carbonyl (C=O) groups excluding carboxylic acids is 2. The monoisotopic (exact) mass is 472 g/mol. The molecule has 0 atom stereocenters. The van der Waals surface area contributed by atoms with Crippen LogP contribution in [0.15, 0.2) is 58.0 Å². The smallest absolute Gasteiger partial charge is 0.363 e. The number of benzene rings is 2. The first-order valence-corrected chi connectivity index (χ1v) is 11.6. The van der Waals surface area contributed by atoms with Crippen LogP contribution in [0.5, 0.6) is 11.5 Å². The van der Waals surface area contributed by atoms with E-state index in [1.54, 1.807) is 44.2 Å². The van der Waals surface area contributed by atoms with Crippen molar-refractivity contribution in [1.29, 1.82) is 0 Å². The zero-order chi connectivity index (χ0) is 24.2. The number of sulfonamides is 1. The zero-order valence-corrected chi connectivity index (χ0v) is 19.5. The van der Waals surface area contributed by atoms with Crippen molar-refractivity contribution >= 4 is 33.9 Å². The summed E-state index contributed by atoms with van der Waals surface area (Å²) in [5.74, 6) is -0.483. The van der Waals surface area contributed by atoms with Gasteiger partial charge in [0.15, 0.2) is 17.2 Å². The third kappa shape index (κ3) is 5.29. The minimum atomic E-state index is -3.59. The van der Waals surface area contributed by atoms with Gasteiger partial charge in [-0.1, -0.05) is 19.9 Å². The Morgan fingerprint density at radius 3 is 2.33 bits per heavy atom. The Bertz CT molecular complexity index is 1230. The Labute approximate surface area is 192 Å². The van der Waals surface area contributed by atoms with Crippen molar-refractivity contribution in [1.82, 2.24) is 4.31 Å². The summed E-state index contributed by atoms with van der Waals surface area (Å²) in [5.41, 5.74) is 1.11. The average molecular weight is 473 g/mol. The molecule has 9 nitrogen and oxygen atoms in total. The molecule has 1 aliphatic rings. The summed E-state index contributed by atoms with van der Waals surface area (Å²) in [7, 11) is -2.16.